The number of anilines is 1. The topological polar surface area (TPSA) is 98.8 Å². The van der Waals surface area contributed by atoms with E-state index in [4.69, 9.17) is 0 Å². The molecule has 2 heterocycles. The number of hydrogen-bond acceptors (Lipinski definition) is 6. The molecule has 0 radical (unpaired) electrons. The molecule has 4 aromatic rings. The molecule has 31 heavy (non-hydrogen) atoms. The van der Waals surface area contributed by atoms with E-state index in [2.05, 4.69) is 20.6 Å². The lowest BCUT2D eigenvalue weighted by Crippen LogP contribution is -2.15. The van der Waals surface area contributed by atoms with Crippen molar-refractivity contribution in [2.75, 3.05) is 5.32 Å². The van der Waals surface area contributed by atoms with E-state index in [1.807, 2.05) is 37.3 Å². The smallest absolute Gasteiger partial charge is 0.292 e. The molecule has 0 spiro atoms. The molecule has 1 unspecified atom stereocenters. The third-order valence-corrected chi connectivity index (χ3v) is 4.94. The summed E-state index contributed by atoms with van der Waals surface area (Å²) in [5.41, 5.74) is 3.79. The molecule has 4 rings (SSSR count). The molecule has 0 saturated heterocycles. The van der Waals surface area contributed by atoms with Gasteiger partial charge in [0.25, 0.3) is 5.69 Å². The van der Waals surface area contributed by atoms with E-state index in [1.165, 1.54) is 12.1 Å². The predicted octanol–water partition coefficient (Wildman–Crippen LogP) is 4.43. The number of aromatic nitrogens is 4. The number of nitro groups is 1. The third kappa shape index (κ3) is 4.11. The number of aryl methyl sites for hydroxylation is 2. The van der Waals surface area contributed by atoms with E-state index < -0.39 is 16.8 Å². The number of nitrogens with zero attached hydrogens (tertiary/aromatic N) is 5. The van der Waals surface area contributed by atoms with Crippen LogP contribution in [0.4, 0.5) is 15.8 Å². The summed E-state index contributed by atoms with van der Waals surface area (Å²) in [5.74, 6) is -0.456. The van der Waals surface area contributed by atoms with Crippen LogP contribution in [-0.2, 0) is 7.05 Å². The van der Waals surface area contributed by atoms with Crippen LogP contribution in [-0.4, -0.2) is 24.9 Å². The zero-order chi connectivity index (χ0) is 22.0. The first-order chi connectivity index (χ1) is 14.9. The number of nitrogens with one attached hydrogen (secondary N) is 1. The Labute approximate surface area is 177 Å². The molecule has 8 nitrogen and oxygen atoms in total. The van der Waals surface area contributed by atoms with Gasteiger partial charge in [0.1, 0.15) is 11.5 Å². The van der Waals surface area contributed by atoms with Gasteiger partial charge in [-0.05, 0) is 36.8 Å². The molecule has 0 aliphatic carbocycles. The van der Waals surface area contributed by atoms with Crippen LogP contribution in [0, 0.1) is 22.9 Å². The Hall–Kier alpha value is -4.14. The fourth-order valence-corrected chi connectivity index (χ4v) is 3.50. The van der Waals surface area contributed by atoms with Gasteiger partial charge < -0.3 is 5.32 Å². The van der Waals surface area contributed by atoms with Crippen LogP contribution in [0.5, 0.6) is 0 Å². The van der Waals surface area contributed by atoms with Crippen molar-refractivity contribution in [1.29, 1.82) is 0 Å². The highest BCUT2D eigenvalue weighted by atomic mass is 19.1. The number of rotatable bonds is 6. The van der Waals surface area contributed by atoms with Gasteiger partial charge in [0.15, 0.2) is 0 Å². The van der Waals surface area contributed by atoms with Gasteiger partial charge in [-0.15, -0.1) is 5.10 Å². The summed E-state index contributed by atoms with van der Waals surface area (Å²) in [6.45, 7) is 1.83. The summed E-state index contributed by atoms with van der Waals surface area (Å²) in [4.78, 5) is 15.5. The summed E-state index contributed by atoms with van der Waals surface area (Å²) in [7, 11) is 1.76. The van der Waals surface area contributed by atoms with Crippen LogP contribution in [0.25, 0.3) is 11.3 Å². The molecular weight excluding hydrogens is 399 g/mol. The number of benzene rings is 2. The Balaban J connectivity index is 1.83. The molecular formula is C22H19FN6O2. The first-order valence-electron chi connectivity index (χ1n) is 9.52. The van der Waals surface area contributed by atoms with Crippen molar-refractivity contribution in [2.45, 2.75) is 13.0 Å². The highest BCUT2D eigenvalue weighted by Gasteiger charge is 2.23. The molecule has 0 aliphatic heterocycles. The predicted molar refractivity (Wildman–Crippen MR) is 114 cm³/mol. The lowest BCUT2D eigenvalue weighted by atomic mass is 10.0. The second-order valence-electron chi connectivity index (χ2n) is 7.03. The van der Waals surface area contributed by atoms with Crippen molar-refractivity contribution in [3.05, 3.63) is 99.7 Å². The van der Waals surface area contributed by atoms with E-state index in [0.29, 0.717) is 17.1 Å². The van der Waals surface area contributed by atoms with Gasteiger partial charge in [-0.1, -0.05) is 35.5 Å². The molecule has 0 aliphatic rings. The summed E-state index contributed by atoms with van der Waals surface area (Å²) in [5, 5.41) is 23.0. The first-order valence-corrected chi connectivity index (χ1v) is 9.52. The Morgan fingerprint density at radius 3 is 2.52 bits per heavy atom. The number of halogens is 1. The zero-order valence-corrected chi connectivity index (χ0v) is 16.9. The van der Waals surface area contributed by atoms with Gasteiger partial charge in [-0.25, -0.2) is 9.07 Å². The Kier molecular flexibility index (Phi) is 5.40. The van der Waals surface area contributed by atoms with Crippen molar-refractivity contribution < 1.29 is 9.31 Å². The van der Waals surface area contributed by atoms with Crippen LogP contribution in [0.3, 0.4) is 0 Å². The van der Waals surface area contributed by atoms with Crippen LogP contribution in [0.15, 0.2) is 66.9 Å². The SMILES string of the molecule is Cc1nnn(C)c1-c1ccc([N+](=O)[O-])c(NC(c2ccccc2)c2ccc(F)cn2)c1. The molecule has 0 fully saturated rings. The van der Waals surface area contributed by atoms with Crippen LogP contribution in [0.1, 0.15) is 23.0 Å². The molecule has 2 aromatic carbocycles. The summed E-state index contributed by atoms with van der Waals surface area (Å²) in [6.07, 6.45) is 1.13. The minimum atomic E-state index is -0.526. The average molecular weight is 418 g/mol. The zero-order valence-electron chi connectivity index (χ0n) is 16.9. The van der Waals surface area contributed by atoms with Crippen molar-refractivity contribution in [2.24, 2.45) is 7.05 Å². The molecule has 2 aromatic heterocycles. The summed E-state index contributed by atoms with van der Waals surface area (Å²) >= 11 is 0. The highest BCUT2D eigenvalue weighted by Crippen LogP contribution is 2.35. The van der Waals surface area contributed by atoms with Gasteiger partial charge in [0.2, 0.25) is 0 Å². The minimum absolute atomic E-state index is 0.0837. The molecule has 0 amide bonds. The van der Waals surface area contributed by atoms with Crippen molar-refractivity contribution >= 4 is 11.4 Å². The van der Waals surface area contributed by atoms with Crippen LogP contribution in [0.2, 0.25) is 0 Å². The average Bonchev–Trinajstić information content (AvgIpc) is 3.11. The van der Waals surface area contributed by atoms with Gasteiger partial charge >= 0.3 is 0 Å². The number of hydrogen-bond donors (Lipinski definition) is 1. The lowest BCUT2D eigenvalue weighted by molar-refractivity contribution is -0.384. The quantitative estimate of drug-likeness (QED) is 0.367. The van der Waals surface area contributed by atoms with E-state index in [0.717, 1.165) is 23.0 Å². The lowest BCUT2D eigenvalue weighted by Gasteiger charge is -2.20. The minimum Gasteiger partial charge on any atom is -0.367 e. The maximum absolute atomic E-state index is 13.4. The Morgan fingerprint density at radius 2 is 1.90 bits per heavy atom. The number of pyridine rings is 1. The molecule has 0 bridgehead atoms. The fraction of sp³-hybridized carbons (Fsp3) is 0.136. The highest BCUT2D eigenvalue weighted by molar-refractivity contribution is 5.74. The van der Waals surface area contributed by atoms with E-state index in [-0.39, 0.29) is 5.69 Å². The van der Waals surface area contributed by atoms with Gasteiger partial charge in [0.05, 0.1) is 34.2 Å². The molecule has 156 valence electrons. The maximum atomic E-state index is 13.4. The Bertz CT molecular complexity index is 1210. The molecule has 0 saturated carbocycles. The van der Waals surface area contributed by atoms with Gasteiger partial charge in [-0.3, -0.25) is 15.1 Å². The van der Waals surface area contributed by atoms with Gasteiger partial charge in [0, 0.05) is 18.7 Å². The maximum Gasteiger partial charge on any atom is 0.292 e. The second kappa shape index (κ2) is 8.31. The van der Waals surface area contributed by atoms with Crippen LogP contribution >= 0.6 is 0 Å². The normalized spacial score (nSPS) is 11.8. The third-order valence-electron chi connectivity index (χ3n) is 4.94. The monoisotopic (exact) mass is 418 g/mol. The van der Waals surface area contributed by atoms with Crippen LogP contribution < -0.4 is 5.32 Å². The van der Waals surface area contributed by atoms with Crippen molar-refractivity contribution in [3.63, 3.8) is 0 Å². The van der Waals surface area contributed by atoms with Gasteiger partial charge in [-0.2, -0.15) is 0 Å². The van der Waals surface area contributed by atoms with E-state index in [1.54, 1.807) is 29.9 Å². The standard InChI is InChI=1S/C22H19FN6O2/c1-14-22(28(2)27-26-14)16-8-11-20(29(30)31)19(12-16)25-21(15-6-4-3-5-7-15)18-10-9-17(23)13-24-18/h3-13,21,25H,1-2H3. The largest absolute Gasteiger partial charge is 0.367 e. The second-order valence-corrected chi connectivity index (χ2v) is 7.03. The van der Waals surface area contributed by atoms with E-state index in [9.17, 15) is 14.5 Å². The molecule has 9 heteroatoms. The Morgan fingerprint density at radius 1 is 1.13 bits per heavy atom. The molecule has 1 atom stereocenters. The first kappa shape index (κ1) is 20.1. The summed E-state index contributed by atoms with van der Waals surface area (Å²) < 4.78 is 15.1. The fourth-order valence-electron chi connectivity index (χ4n) is 3.50. The van der Waals surface area contributed by atoms with E-state index >= 15 is 0 Å². The van der Waals surface area contributed by atoms with Crippen molar-refractivity contribution in [1.82, 2.24) is 20.0 Å². The number of nitro benzene ring substituents is 1. The molecule has 1 N–H and O–H groups in total. The van der Waals surface area contributed by atoms with Crippen molar-refractivity contribution in [3.8, 4) is 11.3 Å². The summed E-state index contributed by atoms with van der Waals surface area (Å²) in [6, 6.07) is 16.5.